The van der Waals surface area contributed by atoms with Crippen molar-refractivity contribution in [1.29, 1.82) is 0 Å². The van der Waals surface area contributed by atoms with Gasteiger partial charge < -0.3 is 19.2 Å². The molecule has 1 amide bonds. The number of nitrogens with one attached hydrogen (secondary N) is 1. The molecule has 0 aliphatic carbocycles. The van der Waals surface area contributed by atoms with Crippen molar-refractivity contribution in [3.8, 4) is 11.5 Å². The number of carbonyl (C=O) groups excluding carboxylic acids is 1. The predicted molar refractivity (Wildman–Crippen MR) is 73.8 cm³/mol. The Morgan fingerprint density at radius 1 is 1.25 bits per heavy atom. The molecule has 1 atom stereocenters. The second-order valence-electron chi connectivity index (χ2n) is 4.27. The Hall–Kier alpha value is -2.43. The monoisotopic (exact) mass is 275 g/mol. The molecule has 0 bridgehead atoms. The first-order valence-electron chi connectivity index (χ1n) is 6.28. The van der Waals surface area contributed by atoms with E-state index in [1.165, 1.54) is 0 Å². The highest BCUT2D eigenvalue weighted by molar-refractivity contribution is 5.77. The lowest BCUT2D eigenvalue weighted by Gasteiger charge is -2.12. The summed E-state index contributed by atoms with van der Waals surface area (Å²) < 4.78 is 15.6. The fourth-order valence-corrected chi connectivity index (χ4v) is 1.71. The second kappa shape index (κ2) is 6.65. The molecule has 1 aromatic heterocycles. The average Bonchev–Trinajstić information content (AvgIpc) is 3.00. The molecule has 0 fully saturated rings. The molecular formula is C15H17NO4. The number of amides is 1. The third kappa shape index (κ3) is 3.78. The van der Waals surface area contributed by atoms with Crippen molar-refractivity contribution in [1.82, 2.24) is 5.32 Å². The van der Waals surface area contributed by atoms with Gasteiger partial charge in [-0.1, -0.05) is 0 Å². The maximum atomic E-state index is 11.7. The van der Waals surface area contributed by atoms with Crippen LogP contribution in [0.3, 0.4) is 0 Å². The van der Waals surface area contributed by atoms with Gasteiger partial charge in [0.2, 0.25) is 0 Å². The van der Waals surface area contributed by atoms with Gasteiger partial charge in [0.1, 0.15) is 17.3 Å². The van der Waals surface area contributed by atoms with E-state index < -0.39 is 0 Å². The van der Waals surface area contributed by atoms with Crippen molar-refractivity contribution in [2.24, 2.45) is 0 Å². The summed E-state index contributed by atoms with van der Waals surface area (Å²) in [6.07, 6.45) is 1.58. The number of rotatable bonds is 6. The minimum absolute atomic E-state index is 0.0443. The van der Waals surface area contributed by atoms with Crippen LogP contribution in [0.2, 0.25) is 0 Å². The quantitative estimate of drug-likeness (QED) is 0.880. The Bertz CT molecular complexity index is 534. The third-order valence-corrected chi connectivity index (χ3v) is 2.78. The Morgan fingerprint density at radius 3 is 2.55 bits per heavy atom. The highest BCUT2D eigenvalue weighted by atomic mass is 16.5. The molecule has 1 heterocycles. The molecular weight excluding hydrogens is 258 g/mol. The summed E-state index contributed by atoms with van der Waals surface area (Å²) in [5.74, 6) is 1.87. The molecule has 1 N–H and O–H groups in total. The van der Waals surface area contributed by atoms with E-state index in [-0.39, 0.29) is 18.6 Å². The van der Waals surface area contributed by atoms with Crippen LogP contribution >= 0.6 is 0 Å². The molecule has 2 aromatic rings. The molecule has 0 unspecified atom stereocenters. The molecule has 20 heavy (non-hydrogen) atoms. The first-order chi connectivity index (χ1) is 9.69. The fourth-order valence-electron chi connectivity index (χ4n) is 1.71. The van der Waals surface area contributed by atoms with Gasteiger partial charge in [-0.2, -0.15) is 0 Å². The minimum Gasteiger partial charge on any atom is -0.497 e. The number of hydrogen-bond acceptors (Lipinski definition) is 4. The Morgan fingerprint density at radius 2 is 1.95 bits per heavy atom. The molecule has 2 rings (SSSR count). The van der Waals surface area contributed by atoms with Crippen LogP contribution in [0.1, 0.15) is 18.7 Å². The van der Waals surface area contributed by atoms with Crippen LogP contribution in [0.5, 0.6) is 11.5 Å². The number of hydrogen-bond donors (Lipinski definition) is 1. The van der Waals surface area contributed by atoms with Crippen molar-refractivity contribution < 1.29 is 18.7 Å². The first-order valence-corrected chi connectivity index (χ1v) is 6.28. The molecule has 5 nitrogen and oxygen atoms in total. The lowest BCUT2D eigenvalue weighted by atomic mass is 10.2. The van der Waals surface area contributed by atoms with Crippen LogP contribution in [-0.2, 0) is 4.79 Å². The van der Waals surface area contributed by atoms with Gasteiger partial charge in [0, 0.05) is 0 Å². The van der Waals surface area contributed by atoms with Crippen LogP contribution in [-0.4, -0.2) is 19.6 Å². The SMILES string of the molecule is COc1ccc(OCC(=O)N[C@@H](C)c2ccco2)cc1. The fraction of sp³-hybridized carbons (Fsp3) is 0.267. The predicted octanol–water partition coefficient (Wildman–Crippen LogP) is 2.54. The van der Waals surface area contributed by atoms with E-state index in [1.807, 2.05) is 13.0 Å². The van der Waals surface area contributed by atoms with Crippen molar-refractivity contribution in [2.75, 3.05) is 13.7 Å². The topological polar surface area (TPSA) is 60.7 Å². The molecule has 0 saturated carbocycles. The van der Waals surface area contributed by atoms with Gasteiger partial charge >= 0.3 is 0 Å². The van der Waals surface area contributed by atoms with Gasteiger partial charge in [0.25, 0.3) is 5.91 Å². The lowest BCUT2D eigenvalue weighted by Crippen LogP contribution is -2.31. The normalized spacial score (nSPS) is 11.7. The number of furan rings is 1. The third-order valence-electron chi connectivity index (χ3n) is 2.78. The molecule has 0 saturated heterocycles. The largest absolute Gasteiger partial charge is 0.497 e. The summed E-state index contributed by atoms with van der Waals surface area (Å²) in [4.78, 5) is 11.7. The number of ether oxygens (including phenoxy) is 2. The maximum absolute atomic E-state index is 11.7. The lowest BCUT2D eigenvalue weighted by molar-refractivity contribution is -0.123. The standard InChI is InChI=1S/C15H17NO4/c1-11(14-4-3-9-19-14)16-15(17)10-20-13-7-5-12(18-2)6-8-13/h3-9,11H,10H2,1-2H3,(H,16,17)/t11-/m0/s1. The van der Waals surface area contributed by atoms with Crippen molar-refractivity contribution >= 4 is 5.91 Å². The first kappa shape index (κ1) is 14.0. The zero-order valence-electron chi connectivity index (χ0n) is 11.5. The zero-order chi connectivity index (χ0) is 14.4. The van der Waals surface area contributed by atoms with E-state index in [9.17, 15) is 4.79 Å². The van der Waals surface area contributed by atoms with Gasteiger partial charge in [-0.25, -0.2) is 0 Å². The summed E-state index contributed by atoms with van der Waals surface area (Å²) in [6.45, 7) is 1.81. The summed E-state index contributed by atoms with van der Waals surface area (Å²) >= 11 is 0. The smallest absolute Gasteiger partial charge is 0.258 e. The van der Waals surface area contributed by atoms with Gasteiger partial charge in [-0.15, -0.1) is 0 Å². The Kier molecular flexibility index (Phi) is 4.65. The molecule has 5 heteroatoms. The Balaban J connectivity index is 1.79. The molecule has 0 radical (unpaired) electrons. The Labute approximate surface area is 117 Å². The van der Waals surface area contributed by atoms with Crippen LogP contribution in [0.15, 0.2) is 47.1 Å². The van der Waals surface area contributed by atoms with E-state index in [4.69, 9.17) is 13.9 Å². The van der Waals surface area contributed by atoms with Gasteiger partial charge in [-0.3, -0.25) is 4.79 Å². The number of methoxy groups -OCH3 is 1. The zero-order valence-corrected chi connectivity index (χ0v) is 11.5. The molecule has 0 aliphatic heterocycles. The minimum atomic E-state index is -0.204. The molecule has 106 valence electrons. The van der Waals surface area contributed by atoms with Gasteiger partial charge in [-0.05, 0) is 43.3 Å². The van der Waals surface area contributed by atoms with Crippen LogP contribution in [0, 0.1) is 0 Å². The number of carbonyl (C=O) groups is 1. The highest BCUT2D eigenvalue weighted by Crippen LogP contribution is 2.17. The van der Waals surface area contributed by atoms with Crippen molar-refractivity contribution in [3.05, 3.63) is 48.4 Å². The summed E-state index contributed by atoms with van der Waals surface area (Å²) in [5, 5.41) is 2.79. The van der Waals surface area contributed by atoms with Crippen molar-refractivity contribution in [2.45, 2.75) is 13.0 Å². The summed E-state index contributed by atoms with van der Waals surface area (Å²) in [7, 11) is 1.60. The van der Waals surface area contributed by atoms with E-state index in [0.717, 1.165) is 5.75 Å². The molecule has 1 aromatic carbocycles. The van der Waals surface area contributed by atoms with Crippen LogP contribution in [0.4, 0.5) is 0 Å². The van der Waals surface area contributed by atoms with Gasteiger partial charge in [0.05, 0.1) is 19.4 Å². The van der Waals surface area contributed by atoms with Crippen molar-refractivity contribution in [3.63, 3.8) is 0 Å². The number of benzene rings is 1. The van der Waals surface area contributed by atoms with E-state index in [1.54, 1.807) is 43.7 Å². The highest BCUT2D eigenvalue weighted by Gasteiger charge is 2.12. The van der Waals surface area contributed by atoms with Gasteiger partial charge in [0.15, 0.2) is 6.61 Å². The summed E-state index contributed by atoms with van der Waals surface area (Å²) in [6, 6.07) is 10.5. The van der Waals surface area contributed by atoms with Crippen LogP contribution < -0.4 is 14.8 Å². The van der Waals surface area contributed by atoms with Crippen LogP contribution in [0.25, 0.3) is 0 Å². The van der Waals surface area contributed by atoms with E-state index in [2.05, 4.69) is 5.32 Å². The average molecular weight is 275 g/mol. The van der Waals surface area contributed by atoms with E-state index >= 15 is 0 Å². The maximum Gasteiger partial charge on any atom is 0.258 e. The summed E-state index contributed by atoms with van der Waals surface area (Å²) in [5.41, 5.74) is 0. The molecule has 0 aliphatic rings. The second-order valence-corrected chi connectivity index (χ2v) is 4.27. The molecule has 0 spiro atoms. The van der Waals surface area contributed by atoms with E-state index in [0.29, 0.717) is 11.5 Å².